The number of Topliss-reactive ketones (excluding diaryl/α,β-unsaturated/α-hetero) is 1. The number of primary amides is 2. The first-order chi connectivity index (χ1) is 11.1. The maximum absolute atomic E-state index is 12.3. The highest BCUT2D eigenvalue weighted by atomic mass is 16.2. The van der Waals surface area contributed by atoms with Crippen LogP contribution >= 0.6 is 0 Å². The van der Waals surface area contributed by atoms with Gasteiger partial charge < -0.3 is 11.5 Å². The molecule has 138 valence electrons. The minimum Gasteiger partial charge on any atom is -0.369 e. The standard InChI is InChI=1S/C16H31N5O3/c1-16(2,3)13(22)10-19-4-6-20(11-14(17)23)8-9-21(7-5-19)12-15(18)24/h4-12H2,1-3H3,(H2,17,23)(H2,18,24). The molecule has 0 aromatic carbocycles. The van der Waals surface area contributed by atoms with Crippen molar-refractivity contribution in [2.45, 2.75) is 20.8 Å². The van der Waals surface area contributed by atoms with Gasteiger partial charge in [0, 0.05) is 44.7 Å². The highest BCUT2D eigenvalue weighted by molar-refractivity contribution is 5.85. The van der Waals surface area contributed by atoms with Gasteiger partial charge in [0.05, 0.1) is 19.6 Å². The smallest absolute Gasteiger partial charge is 0.231 e. The average molecular weight is 341 g/mol. The third kappa shape index (κ3) is 7.85. The van der Waals surface area contributed by atoms with Gasteiger partial charge in [0.25, 0.3) is 0 Å². The zero-order valence-electron chi connectivity index (χ0n) is 15.1. The molecule has 8 nitrogen and oxygen atoms in total. The van der Waals surface area contributed by atoms with Crippen molar-refractivity contribution < 1.29 is 14.4 Å². The molecule has 0 bridgehead atoms. The predicted molar refractivity (Wildman–Crippen MR) is 92.2 cm³/mol. The van der Waals surface area contributed by atoms with Crippen molar-refractivity contribution in [1.29, 1.82) is 0 Å². The number of rotatable bonds is 6. The normalized spacial score (nSPS) is 19.3. The van der Waals surface area contributed by atoms with Crippen LogP contribution in [0.3, 0.4) is 0 Å². The summed E-state index contributed by atoms with van der Waals surface area (Å²) in [7, 11) is 0. The molecule has 0 aliphatic carbocycles. The molecule has 1 fully saturated rings. The molecule has 1 saturated heterocycles. The van der Waals surface area contributed by atoms with Gasteiger partial charge in [-0.15, -0.1) is 0 Å². The summed E-state index contributed by atoms with van der Waals surface area (Å²) in [5.74, 6) is -0.592. The molecule has 4 N–H and O–H groups in total. The molecule has 0 radical (unpaired) electrons. The van der Waals surface area contributed by atoms with E-state index in [0.717, 1.165) is 0 Å². The van der Waals surface area contributed by atoms with Gasteiger partial charge in [-0.25, -0.2) is 0 Å². The van der Waals surface area contributed by atoms with Gasteiger partial charge in [0.15, 0.2) is 5.78 Å². The van der Waals surface area contributed by atoms with Crippen LogP contribution in [0.25, 0.3) is 0 Å². The molecular weight excluding hydrogens is 310 g/mol. The van der Waals surface area contributed by atoms with E-state index in [2.05, 4.69) is 4.90 Å². The second-order valence-corrected chi connectivity index (χ2v) is 7.43. The van der Waals surface area contributed by atoms with Gasteiger partial charge in [-0.3, -0.25) is 29.1 Å². The summed E-state index contributed by atoms with van der Waals surface area (Å²) < 4.78 is 0. The van der Waals surface area contributed by atoms with Crippen molar-refractivity contribution in [3.05, 3.63) is 0 Å². The van der Waals surface area contributed by atoms with Gasteiger partial charge in [0.2, 0.25) is 11.8 Å². The number of carbonyl (C=O) groups excluding carboxylic acids is 3. The Bertz CT molecular complexity index is 433. The quantitative estimate of drug-likeness (QED) is 0.607. The van der Waals surface area contributed by atoms with Crippen LogP contribution in [-0.2, 0) is 14.4 Å². The average Bonchev–Trinajstić information content (AvgIpc) is 2.51. The molecule has 1 aliphatic heterocycles. The fraction of sp³-hybridized carbons (Fsp3) is 0.812. The molecule has 0 aromatic rings. The number of nitrogens with zero attached hydrogens (tertiary/aromatic N) is 3. The fourth-order valence-electron chi connectivity index (χ4n) is 2.54. The van der Waals surface area contributed by atoms with Gasteiger partial charge in [-0.2, -0.15) is 0 Å². The van der Waals surface area contributed by atoms with Crippen molar-refractivity contribution in [3.8, 4) is 0 Å². The first-order valence-electron chi connectivity index (χ1n) is 8.35. The van der Waals surface area contributed by atoms with E-state index < -0.39 is 5.41 Å². The Morgan fingerprint density at radius 3 is 1.25 bits per heavy atom. The number of amides is 2. The number of carbonyl (C=O) groups is 3. The van der Waals surface area contributed by atoms with E-state index >= 15 is 0 Å². The summed E-state index contributed by atoms with van der Waals surface area (Å²) in [4.78, 5) is 40.8. The minimum atomic E-state index is -0.391. The Hall–Kier alpha value is -1.51. The molecule has 1 aliphatic rings. The molecule has 24 heavy (non-hydrogen) atoms. The van der Waals surface area contributed by atoms with Gasteiger partial charge in [0.1, 0.15) is 0 Å². The number of hydrogen-bond acceptors (Lipinski definition) is 6. The van der Waals surface area contributed by atoms with E-state index in [0.29, 0.717) is 45.8 Å². The molecule has 0 atom stereocenters. The lowest BCUT2D eigenvalue weighted by atomic mass is 9.90. The topological polar surface area (TPSA) is 113 Å². The number of ketones is 1. The van der Waals surface area contributed by atoms with Crippen LogP contribution in [0.1, 0.15) is 20.8 Å². The van der Waals surface area contributed by atoms with E-state index in [1.807, 2.05) is 30.6 Å². The molecule has 0 saturated carbocycles. The largest absolute Gasteiger partial charge is 0.369 e. The third-order valence-electron chi connectivity index (χ3n) is 4.16. The van der Waals surface area contributed by atoms with E-state index in [-0.39, 0.29) is 30.7 Å². The van der Waals surface area contributed by atoms with Crippen LogP contribution in [0.4, 0.5) is 0 Å². The van der Waals surface area contributed by atoms with Crippen molar-refractivity contribution in [3.63, 3.8) is 0 Å². The van der Waals surface area contributed by atoms with Crippen LogP contribution in [-0.4, -0.2) is 91.2 Å². The number of nitrogens with two attached hydrogens (primary N) is 2. The Labute approximate surface area is 144 Å². The maximum atomic E-state index is 12.3. The fourth-order valence-corrected chi connectivity index (χ4v) is 2.54. The molecule has 1 heterocycles. The van der Waals surface area contributed by atoms with Crippen LogP contribution in [0, 0.1) is 5.41 Å². The first kappa shape index (κ1) is 20.5. The van der Waals surface area contributed by atoms with Gasteiger partial charge >= 0.3 is 0 Å². The summed E-state index contributed by atoms with van der Waals surface area (Å²) in [5, 5.41) is 0. The number of hydrogen-bond donors (Lipinski definition) is 2. The molecule has 0 unspecified atom stereocenters. The van der Waals surface area contributed by atoms with Crippen molar-refractivity contribution in [2.24, 2.45) is 16.9 Å². The predicted octanol–water partition coefficient (Wildman–Crippen LogP) is -1.51. The SMILES string of the molecule is CC(C)(C)C(=O)CN1CCN(CC(N)=O)CCN(CC(N)=O)CC1. The zero-order valence-corrected chi connectivity index (χ0v) is 15.1. The van der Waals surface area contributed by atoms with Gasteiger partial charge in [-0.05, 0) is 0 Å². The summed E-state index contributed by atoms with van der Waals surface area (Å²) >= 11 is 0. The Morgan fingerprint density at radius 2 is 1.00 bits per heavy atom. The van der Waals surface area contributed by atoms with E-state index in [9.17, 15) is 14.4 Å². The highest BCUT2D eigenvalue weighted by Crippen LogP contribution is 2.15. The second kappa shape index (κ2) is 9.10. The summed E-state index contributed by atoms with van der Waals surface area (Å²) in [6, 6.07) is 0. The van der Waals surface area contributed by atoms with E-state index in [4.69, 9.17) is 11.5 Å². The lowest BCUT2D eigenvalue weighted by Gasteiger charge is -2.27. The van der Waals surface area contributed by atoms with Crippen molar-refractivity contribution >= 4 is 17.6 Å². The first-order valence-corrected chi connectivity index (χ1v) is 8.35. The summed E-state index contributed by atoms with van der Waals surface area (Å²) in [6.45, 7) is 10.4. The van der Waals surface area contributed by atoms with E-state index in [1.54, 1.807) is 0 Å². The molecule has 0 spiro atoms. The van der Waals surface area contributed by atoms with Crippen LogP contribution in [0.2, 0.25) is 0 Å². The summed E-state index contributed by atoms with van der Waals surface area (Å²) in [5.41, 5.74) is 10.2. The molecule has 1 rings (SSSR count). The van der Waals surface area contributed by atoms with Crippen molar-refractivity contribution in [1.82, 2.24) is 14.7 Å². The lowest BCUT2D eigenvalue weighted by Crippen LogP contribution is -2.43. The molecular formula is C16H31N5O3. The Morgan fingerprint density at radius 1 is 0.708 bits per heavy atom. The molecule has 8 heteroatoms. The summed E-state index contributed by atoms with van der Waals surface area (Å²) in [6.07, 6.45) is 0. The molecule has 0 aromatic heterocycles. The van der Waals surface area contributed by atoms with Gasteiger partial charge in [-0.1, -0.05) is 20.8 Å². The van der Waals surface area contributed by atoms with Crippen LogP contribution in [0.15, 0.2) is 0 Å². The Kier molecular flexibility index (Phi) is 7.78. The maximum Gasteiger partial charge on any atom is 0.231 e. The zero-order chi connectivity index (χ0) is 18.3. The monoisotopic (exact) mass is 341 g/mol. The molecule has 2 amide bonds. The Balaban J connectivity index is 2.76. The lowest BCUT2D eigenvalue weighted by molar-refractivity contribution is -0.127. The second-order valence-electron chi connectivity index (χ2n) is 7.43. The van der Waals surface area contributed by atoms with Crippen LogP contribution < -0.4 is 11.5 Å². The third-order valence-corrected chi connectivity index (χ3v) is 4.16. The minimum absolute atomic E-state index is 0.171. The van der Waals surface area contributed by atoms with Crippen LogP contribution in [0.5, 0.6) is 0 Å². The van der Waals surface area contributed by atoms with Crippen molar-refractivity contribution in [2.75, 3.05) is 58.9 Å². The van der Waals surface area contributed by atoms with E-state index in [1.165, 1.54) is 0 Å². The highest BCUT2D eigenvalue weighted by Gasteiger charge is 2.25.